The molecule has 0 spiro atoms. The van der Waals surface area contributed by atoms with E-state index in [1.54, 1.807) is 12.1 Å². The maximum absolute atomic E-state index is 10.1. The summed E-state index contributed by atoms with van der Waals surface area (Å²) < 4.78 is 33.7. The highest BCUT2D eigenvalue weighted by Crippen LogP contribution is 2.44. The van der Waals surface area contributed by atoms with Crippen LogP contribution in [0.4, 0.5) is 0 Å². The van der Waals surface area contributed by atoms with Crippen molar-refractivity contribution >= 4 is 0 Å². The normalized spacial score (nSPS) is 21.7. The molecule has 7 nitrogen and oxygen atoms in total. The molecule has 7 heteroatoms. The minimum Gasteiger partial charge on any atom is -0.508 e. The summed E-state index contributed by atoms with van der Waals surface area (Å²) in [7, 11) is 0. The first-order valence-corrected chi connectivity index (χ1v) is 14.5. The number of benzene rings is 4. The van der Waals surface area contributed by atoms with Crippen LogP contribution in [0.1, 0.15) is 34.1 Å². The van der Waals surface area contributed by atoms with E-state index in [0.717, 1.165) is 59.3 Å². The van der Waals surface area contributed by atoms with E-state index in [2.05, 4.69) is 36.4 Å². The third-order valence-electron chi connectivity index (χ3n) is 7.82. The quantitative estimate of drug-likeness (QED) is 0.196. The number of phenols is 1. The predicted molar refractivity (Wildman–Crippen MR) is 157 cm³/mol. The van der Waals surface area contributed by atoms with Crippen molar-refractivity contribution in [2.24, 2.45) is 0 Å². The van der Waals surface area contributed by atoms with Gasteiger partial charge in [0.25, 0.3) is 0 Å². The lowest BCUT2D eigenvalue weighted by Crippen LogP contribution is -2.15. The van der Waals surface area contributed by atoms with E-state index in [9.17, 15) is 5.11 Å². The number of phenolic OH excluding ortho intramolecular Hbond substituents is 1. The average molecular weight is 567 g/mol. The molecule has 3 aliphatic heterocycles. The van der Waals surface area contributed by atoms with Gasteiger partial charge in [-0.05, 0) is 70.8 Å². The SMILES string of the molecule is Oc1ccc([C@H](c2ccc(OCC3CO3)cc2)C(c2ccc(OCC3CO3)cc2)c2ccc(OCC3CO3)cc2)cc1. The van der Waals surface area contributed by atoms with Gasteiger partial charge in [0.2, 0.25) is 0 Å². The van der Waals surface area contributed by atoms with Crippen LogP contribution in [-0.2, 0) is 14.2 Å². The predicted octanol–water partition coefficient (Wildman–Crippen LogP) is 5.69. The molecule has 3 saturated heterocycles. The zero-order valence-electron chi connectivity index (χ0n) is 23.3. The highest BCUT2D eigenvalue weighted by Gasteiger charge is 2.30. The van der Waals surface area contributed by atoms with Crippen molar-refractivity contribution < 1.29 is 33.5 Å². The summed E-state index contributed by atoms with van der Waals surface area (Å²) in [5, 5.41) is 10.1. The highest BCUT2D eigenvalue weighted by atomic mass is 16.6. The summed E-state index contributed by atoms with van der Waals surface area (Å²) in [5.74, 6) is 2.61. The smallest absolute Gasteiger partial charge is 0.119 e. The Morgan fingerprint density at radius 1 is 0.476 bits per heavy atom. The Hall–Kier alpha value is -4.04. The molecule has 0 radical (unpaired) electrons. The minimum atomic E-state index is -0.0512. The molecule has 4 aromatic rings. The zero-order chi connectivity index (χ0) is 28.3. The van der Waals surface area contributed by atoms with E-state index in [-0.39, 0.29) is 35.9 Å². The van der Waals surface area contributed by atoms with Crippen LogP contribution in [0, 0.1) is 0 Å². The van der Waals surface area contributed by atoms with E-state index in [1.165, 1.54) is 0 Å². The van der Waals surface area contributed by atoms with E-state index in [0.29, 0.717) is 19.8 Å². The molecule has 3 unspecified atom stereocenters. The van der Waals surface area contributed by atoms with Crippen molar-refractivity contribution in [3.05, 3.63) is 119 Å². The van der Waals surface area contributed by atoms with Crippen molar-refractivity contribution in [2.45, 2.75) is 30.1 Å². The molecule has 3 fully saturated rings. The first-order valence-electron chi connectivity index (χ1n) is 14.5. The van der Waals surface area contributed by atoms with Gasteiger partial charge in [-0.2, -0.15) is 0 Å². The molecule has 0 amide bonds. The molecule has 4 aromatic carbocycles. The highest BCUT2D eigenvalue weighted by molar-refractivity contribution is 5.48. The first-order chi connectivity index (χ1) is 20.7. The van der Waals surface area contributed by atoms with Gasteiger partial charge in [0.05, 0.1) is 19.8 Å². The fourth-order valence-corrected chi connectivity index (χ4v) is 5.21. The number of hydrogen-bond donors (Lipinski definition) is 1. The largest absolute Gasteiger partial charge is 0.508 e. The van der Waals surface area contributed by atoms with Crippen LogP contribution in [0.25, 0.3) is 0 Å². The molecule has 0 aromatic heterocycles. The molecule has 0 aliphatic carbocycles. The third-order valence-corrected chi connectivity index (χ3v) is 7.82. The molecule has 3 aliphatic rings. The van der Waals surface area contributed by atoms with E-state index in [4.69, 9.17) is 28.4 Å². The minimum absolute atomic E-state index is 0.0391. The van der Waals surface area contributed by atoms with E-state index in [1.807, 2.05) is 48.5 Å². The Balaban J connectivity index is 1.24. The first kappa shape index (κ1) is 26.8. The van der Waals surface area contributed by atoms with Crippen LogP contribution in [0.2, 0.25) is 0 Å². The maximum atomic E-state index is 10.1. The molecule has 0 saturated carbocycles. The zero-order valence-corrected chi connectivity index (χ0v) is 23.3. The number of epoxide rings is 3. The van der Waals surface area contributed by atoms with Crippen LogP contribution in [0.5, 0.6) is 23.0 Å². The third kappa shape index (κ3) is 6.87. The van der Waals surface area contributed by atoms with Crippen LogP contribution >= 0.6 is 0 Å². The summed E-state index contributed by atoms with van der Waals surface area (Å²) in [6.45, 7) is 3.98. The fourth-order valence-electron chi connectivity index (χ4n) is 5.21. The second kappa shape index (κ2) is 12.1. The molecule has 7 rings (SSSR count). The van der Waals surface area contributed by atoms with Gasteiger partial charge in [-0.1, -0.05) is 48.5 Å². The number of aromatic hydroxyl groups is 1. The molecule has 42 heavy (non-hydrogen) atoms. The van der Waals surface area contributed by atoms with Crippen LogP contribution in [0.3, 0.4) is 0 Å². The van der Waals surface area contributed by atoms with E-state index < -0.39 is 0 Å². The van der Waals surface area contributed by atoms with Gasteiger partial charge in [-0.15, -0.1) is 0 Å². The summed E-state index contributed by atoms with van der Waals surface area (Å²) in [6, 6.07) is 32.5. The summed E-state index contributed by atoms with van der Waals surface area (Å²) in [6.07, 6.45) is 0.603. The van der Waals surface area contributed by atoms with Crippen molar-refractivity contribution in [2.75, 3.05) is 39.6 Å². The van der Waals surface area contributed by atoms with Gasteiger partial charge in [0.1, 0.15) is 61.1 Å². The second-order valence-corrected chi connectivity index (χ2v) is 11.1. The summed E-state index contributed by atoms with van der Waals surface area (Å²) in [4.78, 5) is 0. The lowest BCUT2D eigenvalue weighted by Gasteiger charge is -2.30. The number of ether oxygens (including phenoxy) is 6. The molecular formula is C35H34O7. The van der Waals surface area contributed by atoms with Crippen LogP contribution in [0.15, 0.2) is 97.1 Å². The van der Waals surface area contributed by atoms with Gasteiger partial charge >= 0.3 is 0 Å². The standard InChI is InChI=1S/C35H34O7/c36-27-9-1-23(2-10-27)34(24-3-11-28(12-4-24)37-17-31-20-40-31)35(25-5-13-29(14-6-25)38-18-32-21-41-32)26-7-15-30(16-8-26)39-19-33-22-42-33/h1-16,31-36H,17-22H2/t31?,32?,33?,34-,35?/m1/s1. The Morgan fingerprint density at radius 3 is 1.00 bits per heavy atom. The van der Waals surface area contributed by atoms with Crippen molar-refractivity contribution in [3.8, 4) is 23.0 Å². The summed E-state index contributed by atoms with van der Waals surface area (Å²) >= 11 is 0. The van der Waals surface area contributed by atoms with Gasteiger partial charge in [0.15, 0.2) is 0 Å². The lowest BCUT2D eigenvalue weighted by molar-refractivity contribution is 0.263. The van der Waals surface area contributed by atoms with Gasteiger partial charge < -0.3 is 33.5 Å². The molecule has 1 N–H and O–H groups in total. The van der Waals surface area contributed by atoms with Gasteiger partial charge in [-0.25, -0.2) is 0 Å². The second-order valence-electron chi connectivity index (χ2n) is 11.1. The number of rotatable bonds is 14. The van der Waals surface area contributed by atoms with Crippen LogP contribution < -0.4 is 14.2 Å². The monoisotopic (exact) mass is 566 g/mol. The Labute approximate surface area is 245 Å². The molecule has 3 heterocycles. The Morgan fingerprint density at radius 2 is 0.738 bits per heavy atom. The van der Waals surface area contributed by atoms with Crippen LogP contribution in [-0.4, -0.2) is 63.1 Å². The average Bonchev–Trinajstić information content (AvgIpc) is 3.87. The molecule has 0 bridgehead atoms. The van der Waals surface area contributed by atoms with Crippen molar-refractivity contribution in [3.63, 3.8) is 0 Å². The fraction of sp³-hybridized carbons (Fsp3) is 0.314. The molecular weight excluding hydrogens is 532 g/mol. The maximum Gasteiger partial charge on any atom is 0.119 e. The number of hydrogen-bond acceptors (Lipinski definition) is 7. The molecule has 216 valence electrons. The van der Waals surface area contributed by atoms with Gasteiger partial charge in [-0.3, -0.25) is 0 Å². The summed E-state index contributed by atoms with van der Waals surface area (Å²) in [5.41, 5.74) is 4.53. The Bertz CT molecular complexity index is 1380. The van der Waals surface area contributed by atoms with Crippen molar-refractivity contribution in [1.82, 2.24) is 0 Å². The van der Waals surface area contributed by atoms with Crippen molar-refractivity contribution in [1.29, 1.82) is 0 Å². The topological polar surface area (TPSA) is 85.5 Å². The van der Waals surface area contributed by atoms with E-state index >= 15 is 0 Å². The lowest BCUT2D eigenvalue weighted by atomic mass is 9.73. The van der Waals surface area contributed by atoms with Gasteiger partial charge in [0, 0.05) is 11.8 Å². The Kier molecular flexibility index (Phi) is 7.70. The molecule has 4 atom stereocenters.